The molecule has 0 atom stereocenters. The minimum atomic E-state index is -1.00. The second-order valence-corrected chi connectivity index (χ2v) is 5.99. The van der Waals surface area contributed by atoms with Crippen LogP contribution in [0.15, 0.2) is 36.5 Å². The third kappa shape index (κ3) is 3.33. The van der Waals surface area contributed by atoms with Gasteiger partial charge in [-0.05, 0) is 23.8 Å². The number of fused-ring (bicyclic) bond motifs is 1. The van der Waals surface area contributed by atoms with Gasteiger partial charge in [0.25, 0.3) is 11.7 Å². The highest BCUT2D eigenvalue weighted by Gasteiger charge is 2.17. The maximum absolute atomic E-state index is 11.6. The summed E-state index contributed by atoms with van der Waals surface area (Å²) >= 11 is 1.14. The molecule has 7 nitrogen and oxygen atoms in total. The molecule has 8 heteroatoms. The summed E-state index contributed by atoms with van der Waals surface area (Å²) in [6.07, 6.45) is 1.74. The van der Waals surface area contributed by atoms with Crippen molar-refractivity contribution in [3.8, 4) is 5.88 Å². The smallest absolute Gasteiger partial charge is 0.292 e. The molecule has 0 saturated heterocycles. The first-order valence-electron chi connectivity index (χ1n) is 7.04. The SMILES string of the molecule is COc1ccc(CNc2ccc3nc(C(=O)C(N)=O)sc3c2)cn1. The molecule has 1 amide bonds. The van der Waals surface area contributed by atoms with Gasteiger partial charge in [-0.3, -0.25) is 9.59 Å². The van der Waals surface area contributed by atoms with Crippen molar-refractivity contribution < 1.29 is 14.3 Å². The van der Waals surface area contributed by atoms with E-state index < -0.39 is 11.7 Å². The molecule has 24 heavy (non-hydrogen) atoms. The quantitative estimate of drug-likeness (QED) is 0.524. The van der Waals surface area contributed by atoms with Crippen molar-refractivity contribution in [3.63, 3.8) is 0 Å². The van der Waals surface area contributed by atoms with Gasteiger partial charge in [0.1, 0.15) is 0 Å². The number of hydrogen-bond acceptors (Lipinski definition) is 7. The average Bonchev–Trinajstić information content (AvgIpc) is 3.02. The van der Waals surface area contributed by atoms with Gasteiger partial charge in [0.2, 0.25) is 5.88 Å². The third-order valence-electron chi connectivity index (χ3n) is 3.31. The van der Waals surface area contributed by atoms with Crippen molar-refractivity contribution in [2.45, 2.75) is 6.54 Å². The maximum atomic E-state index is 11.6. The second kappa shape index (κ2) is 6.63. The fourth-order valence-corrected chi connectivity index (χ4v) is 3.03. The summed E-state index contributed by atoms with van der Waals surface area (Å²) in [6, 6.07) is 9.25. The Kier molecular flexibility index (Phi) is 4.39. The van der Waals surface area contributed by atoms with Crippen molar-refractivity contribution in [1.29, 1.82) is 0 Å². The van der Waals surface area contributed by atoms with E-state index in [4.69, 9.17) is 10.5 Å². The largest absolute Gasteiger partial charge is 0.481 e. The van der Waals surface area contributed by atoms with Gasteiger partial charge in [-0.25, -0.2) is 9.97 Å². The third-order valence-corrected chi connectivity index (χ3v) is 4.33. The lowest BCUT2D eigenvalue weighted by Crippen LogP contribution is -2.22. The molecule has 3 aromatic rings. The molecule has 2 aromatic heterocycles. The number of carbonyl (C=O) groups excluding carboxylic acids is 2. The fourth-order valence-electron chi connectivity index (χ4n) is 2.08. The lowest BCUT2D eigenvalue weighted by Gasteiger charge is -2.06. The molecule has 1 aromatic carbocycles. The molecule has 0 aliphatic heterocycles. The van der Waals surface area contributed by atoms with E-state index in [-0.39, 0.29) is 5.01 Å². The summed E-state index contributed by atoms with van der Waals surface area (Å²) in [6.45, 7) is 0.592. The monoisotopic (exact) mass is 342 g/mol. The first-order chi connectivity index (χ1) is 11.6. The number of aromatic nitrogens is 2. The van der Waals surface area contributed by atoms with Crippen LogP contribution < -0.4 is 15.8 Å². The molecular formula is C16H14N4O3S. The molecule has 3 N–H and O–H groups in total. The van der Waals surface area contributed by atoms with E-state index in [1.807, 2.05) is 18.2 Å². The lowest BCUT2D eigenvalue weighted by molar-refractivity contribution is -0.114. The number of nitrogens with zero attached hydrogens (tertiary/aromatic N) is 2. The van der Waals surface area contributed by atoms with Gasteiger partial charge in [-0.2, -0.15) is 0 Å². The highest BCUT2D eigenvalue weighted by Crippen LogP contribution is 2.26. The van der Waals surface area contributed by atoms with Crippen LogP contribution in [0.1, 0.15) is 15.4 Å². The minimum Gasteiger partial charge on any atom is -0.481 e. The van der Waals surface area contributed by atoms with E-state index in [0.717, 1.165) is 27.3 Å². The van der Waals surface area contributed by atoms with E-state index in [9.17, 15) is 9.59 Å². The topological polar surface area (TPSA) is 107 Å². The molecule has 0 saturated carbocycles. The Balaban J connectivity index is 1.75. The van der Waals surface area contributed by atoms with E-state index in [2.05, 4.69) is 15.3 Å². The zero-order chi connectivity index (χ0) is 17.1. The van der Waals surface area contributed by atoms with Crippen molar-refractivity contribution in [1.82, 2.24) is 9.97 Å². The first kappa shape index (κ1) is 15.9. The summed E-state index contributed by atoms with van der Waals surface area (Å²) in [5.41, 5.74) is 7.54. The van der Waals surface area contributed by atoms with Crippen molar-refractivity contribution in [2.75, 3.05) is 12.4 Å². The number of methoxy groups -OCH3 is 1. The number of benzene rings is 1. The normalized spacial score (nSPS) is 10.5. The number of amides is 1. The maximum Gasteiger partial charge on any atom is 0.292 e. The molecular weight excluding hydrogens is 328 g/mol. The number of Topliss-reactive ketones (excluding diaryl/α,β-unsaturated/α-hetero) is 1. The van der Waals surface area contributed by atoms with E-state index in [1.165, 1.54) is 0 Å². The van der Waals surface area contributed by atoms with E-state index >= 15 is 0 Å². The van der Waals surface area contributed by atoms with Gasteiger partial charge in [0.15, 0.2) is 5.01 Å². The van der Waals surface area contributed by atoms with Crippen LogP contribution in [0.5, 0.6) is 5.88 Å². The summed E-state index contributed by atoms with van der Waals surface area (Å²) < 4.78 is 5.82. The van der Waals surface area contributed by atoms with Crippen molar-refractivity contribution >= 4 is 38.9 Å². The molecule has 3 rings (SSSR count). The number of carbonyl (C=O) groups is 2. The molecule has 0 fully saturated rings. The van der Waals surface area contributed by atoms with Crippen LogP contribution in [0.2, 0.25) is 0 Å². The number of ether oxygens (including phenoxy) is 1. The molecule has 2 heterocycles. The van der Waals surface area contributed by atoms with Crippen LogP contribution in [0.4, 0.5) is 5.69 Å². The molecule has 0 spiro atoms. The number of primary amides is 1. The van der Waals surface area contributed by atoms with Gasteiger partial charge in [0.05, 0.1) is 17.3 Å². The predicted octanol–water partition coefficient (Wildman–Crippen LogP) is 1.98. The number of nitrogens with two attached hydrogens (primary N) is 1. The van der Waals surface area contributed by atoms with Gasteiger partial charge in [-0.1, -0.05) is 6.07 Å². The van der Waals surface area contributed by atoms with Crippen LogP contribution in [-0.2, 0) is 11.3 Å². The molecule has 0 bridgehead atoms. The zero-order valence-electron chi connectivity index (χ0n) is 12.8. The zero-order valence-corrected chi connectivity index (χ0v) is 13.6. The molecule has 122 valence electrons. The van der Waals surface area contributed by atoms with Crippen molar-refractivity contribution in [3.05, 3.63) is 47.1 Å². The van der Waals surface area contributed by atoms with E-state index in [0.29, 0.717) is 17.9 Å². The van der Waals surface area contributed by atoms with Crippen LogP contribution in [0, 0.1) is 0 Å². The summed E-state index contributed by atoms with van der Waals surface area (Å²) in [4.78, 5) is 30.8. The molecule has 0 radical (unpaired) electrons. The van der Waals surface area contributed by atoms with Gasteiger partial charge >= 0.3 is 0 Å². The van der Waals surface area contributed by atoms with Crippen LogP contribution in [-0.4, -0.2) is 28.8 Å². The highest BCUT2D eigenvalue weighted by molar-refractivity contribution is 7.21. The fraction of sp³-hybridized carbons (Fsp3) is 0.125. The van der Waals surface area contributed by atoms with Crippen LogP contribution in [0.25, 0.3) is 10.2 Å². The highest BCUT2D eigenvalue weighted by atomic mass is 32.1. The Bertz CT molecular complexity index is 905. The average molecular weight is 342 g/mol. The summed E-state index contributed by atoms with van der Waals surface area (Å²) in [5, 5.41) is 3.38. The number of rotatable bonds is 6. The lowest BCUT2D eigenvalue weighted by atomic mass is 10.2. The minimum absolute atomic E-state index is 0.106. The van der Waals surface area contributed by atoms with Crippen molar-refractivity contribution in [2.24, 2.45) is 5.73 Å². The predicted molar refractivity (Wildman–Crippen MR) is 91.3 cm³/mol. The first-order valence-corrected chi connectivity index (χ1v) is 7.86. The van der Waals surface area contributed by atoms with Crippen LogP contribution >= 0.6 is 11.3 Å². The molecule has 0 aliphatic carbocycles. The van der Waals surface area contributed by atoms with Gasteiger partial charge in [-0.15, -0.1) is 11.3 Å². The molecule has 0 unspecified atom stereocenters. The number of anilines is 1. The Morgan fingerprint density at radius 1 is 1.29 bits per heavy atom. The van der Waals surface area contributed by atoms with Gasteiger partial charge in [0, 0.05) is 24.5 Å². The van der Waals surface area contributed by atoms with Crippen LogP contribution in [0.3, 0.4) is 0 Å². The Labute approximate surface area is 141 Å². The Morgan fingerprint density at radius 3 is 2.79 bits per heavy atom. The van der Waals surface area contributed by atoms with Gasteiger partial charge < -0.3 is 15.8 Å². The summed E-state index contributed by atoms with van der Waals surface area (Å²) in [7, 11) is 1.57. The Hall–Kier alpha value is -3.00. The number of ketones is 1. The Morgan fingerprint density at radius 2 is 2.12 bits per heavy atom. The number of thiazole rings is 1. The number of pyridine rings is 1. The van der Waals surface area contributed by atoms with E-state index in [1.54, 1.807) is 25.4 Å². The number of nitrogens with one attached hydrogen (secondary N) is 1. The second-order valence-electron chi connectivity index (χ2n) is 4.96. The standard InChI is InChI=1S/C16H14N4O3S/c1-23-13-5-2-9(8-19-13)7-18-10-3-4-11-12(6-10)24-16(20-11)14(21)15(17)22/h2-6,8,18H,7H2,1H3,(H2,17,22). The number of hydrogen-bond donors (Lipinski definition) is 2. The summed E-state index contributed by atoms with van der Waals surface area (Å²) in [5.74, 6) is -1.20. The molecule has 0 aliphatic rings.